The van der Waals surface area contributed by atoms with E-state index in [-0.39, 0.29) is 0 Å². The zero-order chi connectivity index (χ0) is 15.2. The lowest BCUT2D eigenvalue weighted by atomic mass is 10.2. The number of rotatable bonds is 4. The van der Waals surface area contributed by atoms with Gasteiger partial charge in [-0.15, -0.1) is 0 Å². The second kappa shape index (κ2) is 7.16. The molecule has 0 atom stereocenters. The zero-order valence-electron chi connectivity index (χ0n) is 10.8. The Morgan fingerprint density at radius 3 is 2.62 bits per heavy atom. The molecular weight excluding hydrogens is 388 g/mol. The van der Waals surface area contributed by atoms with Gasteiger partial charge in [0, 0.05) is 9.26 Å². The van der Waals surface area contributed by atoms with Crippen molar-refractivity contribution in [2.45, 2.75) is 0 Å². The summed E-state index contributed by atoms with van der Waals surface area (Å²) in [7, 11) is 0. The first kappa shape index (κ1) is 15.4. The summed E-state index contributed by atoms with van der Waals surface area (Å²) >= 11 is 2.01. The van der Waals surface area contributed by atoms with Gasteiger partial charge in [0.1, 0.15) is 5.82 Å². The first-order valence-corrected chi connectivity index (χ1v) is 7.11. The number of nitrogens with one attached hydrogen (secondary N) is 1. The van der Waals surface area contributed by atoms with Gasteiger partial charge in [0.05, 0.1) is 5.56 Å². The summed E-state index contributed by atoms with van der Waals surface area (Å²) in [5.74, 6) is -1.56. The third-order valence-electron chi connectivity index (χ3n) is 2.54. The number of ether oxygens (including phenoxy) is 1. The third-order valence-corrected chi connectivity index (χ3v) is 3.48. The van der Waals surface area contributed by atoms with E-state index in [1.165, 1.54) is 18.2 Å². The molecule has 21 heavy (non-hydrogen) atoms. The van der Waals surface area contributed by atoms with Gasteiger partial charge in [0.2, 0.25) is 0 Å². The molecule has 2 aromatic carbocycles. The van der Waals surface area contributed by atoms with Crippen LogP contribution in [0.4, 0.5) is 10.1 Å². The van der Waals surface area contributed by atoms with Gasteiger partial charge < -0.3 is 10.1 Å². The maximum Gasteiger partial charge on any atom is 0.339 e. The quantitative estimate of drug-likeness (QED) is 0.635. The van der Waals surface area contributed by atoms with Crippen LogP contribution >= 0.6 is 22.6 Å². The second-order valence-corrected chi connectivity index (χ2v) is 5.28. The molecule has 108 valence electrons. The van der Waals surface area contributed by atoms with Gasteiger partial charge in [-0.05, 0) is 52.9 Å². The smallest absolute Gasteiger partial charge is 0.339 e. The van der Waals surface area contributed by atoms with Gasteiger partial charge in [-0.25, -0.2) is 9.18 Å². The van der Waals surface area contributed by atoms with Crippen LogP contribution in [0, 0.1) is 9.39 Å². The second-order valence-electron chi connectivity index (χ2n) is 4.11. The number of anilines is 1. The van der Waals surface area contributed by atoms with Gasteiger partial charge >= 0.3 is 5.97 Å². The average Bonchev–Trinajstić information content (AvgIpc) is 2.45. The van der Waals surface area contributed by atoms with Crippen molar-refractivity contribution in [1.82, 2.24) is 0 Å². The molecule has 0 heterocycles. The number of benzene rings is 2. The van der Waals surface area contributed by atoms with Crippen LogP contribution in [0.25, 0.3) is 0 Å². The highest BCUT2D eigenvalue weighted by atomic mass is 127. The van der Waals surface area contributed by atoms with Crippen molar-refractivity contribution in [3.63, 3.8) is 0 Å². The molecule has 6 heteroatoms. The number of hydrogen-bond donors (Lipinski definition) is 1. The molecule has 0 fully saturated rings. The molecule has 0 aliphatic rings. The molecule has 0 saturated carbocycles. The van der Waals surface area contributed by atoms with Crippen molar-refractivity contribution < 1.29 is 18.7 Å². The first-order chi connectivity index (χ1) is 10.1. The van der Waals surface area contributed by atoms with Crippen LogP contribution in [0.15, 0.2) is 48.5 Å². The number of halogens is 2. The molecule has 0 saturated heterocycles. The van der Waals surface area contributed by atoms with E-state index in [9.17, 15) is 14.0 Å². The monoisotopic (exact) mass is 399 g/mol. The molecule has 0 radical (unpaired) electrons. The summed E-state index contributed by atoms with van der Waals surface area (Å²) in [5, 5.41) is 2.45. The van der Waals surface area contributed by atoms with Crippen LogP contribution in [-0.2, 0) is 9.53 Å². The predicted molar refractivity (Wildman–Crippen MR) is 84.5 cm³/mol. The van der Waals surface area contributed by atoms with Gasteiger partial charge in [-0.3, -0.25) is 4.79 Å². The minimum atomic E-state index is -0.575. The summed E-state index contributed by atoms with van der Waals surface area (Å²) in [4.78, 5) is 23.4. The van der Waals surface area contributed by atoms with Crippen molar-refractivity contribution >= 4 is 40.2 Å². The minimum absolute atomic E-state index is 0.311. The Bertz CT molecular complexity index is 675. The predicted octanol–water partition coefficient (Wildman–Crippen LogP) is 3.23. The number of amides is 1. The minimum Gasteiger partial charge on any atom is -0.452 e. The number of carbonyl (C=O) groups excluding carboxylic acids is 2. The molecule has 1 amide bonds. The Kier molecular flexibility index (Phi) is 5.26. The molecule has 4 nitrogen and oxygen atoms in total. The lowest BCUT2D eigenvalue weighted by molar-refractivity contribution is -0.119. The maximum atomic E-state index is 13.0. The summed E-state index contributed by atoms with van der Waals surface area (Å²) in [6.07, 6.45) is 0. The topological polar surface area (TPSA) is 55.4 Å². The molecule has 0 unspecified atom stereocenters. The van der Waals surface area contributed by atoms with Crippen molar-refractivity contribution in [2.75, 3.05) is 11.9 Å². The highest BCUT2D eigenvalue weighted by Gasteiger charge is 2.12. The lowest BCUT2D eigenvalue weighted by Crippen LogP contribution is -2.21. The number of carbonyl (C=O) groups is 2. The Morgan fingerprint density at radius 2 is 1.90 bits per heavy atom. The van der Waals surface area contributed by atoms with Crippen LogP contribution in [0.3, 0.4) is 0 Å². The van der Waals surface area contributed by atoms with Crippen LogP contribution in [-0.4, -0.2) is 18.5 Å². The fraction of sp³-hybridized carbons (Fsp3) is 0.0667. The van der Waals surface area contributed by atoms with E-state index in [2.05, 4.69) is 5.32 Å². The van der Waals surface area contributed by atoms with Crippen LogP contribution in [0.5, 0.6) is 0 Å². The molecular formula is C15H11FINO3. The molecule has 0 aliphatic carbocycles. The Hall–Kier alpha value is -1.96. The highest BCUT2D eigenvalue weighted by Crippen LogP contribution is 2.13. The van der Waals surface area contributed by atoms with Crippen molar-refractivity contribution in [3.05, 3.63) is 63.5 Å². The van der Waals surface area contributed by atoms with E-state index in [0.29, 0.717) is 11.3 Å². The number of esters is 1. The molecule has 0 spiro atoms. The van der Waals surface area contributed by atoms with Crippen molar-refractivity contribution in [1.29, 1.82) is 0 Å². The van der Waals surface area contributed by atoms with E-state index in [1.54, 1.807) is 30.3 Å². The largest absolute Gasteiger partial charge is 0.452 e. The average molecular weight is 399 g/mol. The summed E-state index contributed by atoms with van der Waals surface area (Å²) < 4.78 is 18.6. The molecule has 0 aliphatic heterocycles. The maximum absolute atomic E-state index is 13.0. The molecule has 2 aromatic rings. The van der Waals surface area contributed by atoms with E-state index in [0.717, 1.165) is 3.57 Å². The Morgan fingerprint density at radius 1 is 1.14 bits per heavy atom. The molecule has 0 bridgehead atoms. The first-order valence-electron chi connectivity index (χ1n) is 6.03. The fourth-order valence-electron chi connectivity index (χ4n) is 1.60. The SMILES string of the molecule is O=C(COC(=O)c1ccccc1I)Nc1cccc(F)c1. The van der Waals surface area contributed by atoms with E-state index < -0.39 is 24.3 Å². The molecule has 2 rings (SSSR count). The number of hydrogen-bond acceptors (Lipinski definition) is 3. The van der Waals surface area contributed by atoms with Gasteiger partial charge in [-0.2, -0.15) is 0 Å². The van der Waals surface area contributed by atoms with E-state index >= 15 is 0 Å². The Labute approximate surface area is 134 Å². The highest BCUT2D eigenvalue weighted by molar-refractivity contribution is 14.1. The van der Waals surface area contributed by atoms with Gasteiger partial charge in [-0.1, -0.05) is 18.2 Å². The summed E-state index contributed by atoms with van der Waals surface area (Å²) in [5.41, 5.74) is 0.710. The lowest BCUT2D eigenvalue weighted by Gasteiger charge is -2.07. The summed E-state index contributed by atoms with van der Waals surface area (Å²) in [6, 6.07) is 12.4. The van der Waals surface area contributed by atoms with Gasteiger partial charge in [0.15, 0.2) is 6.61 Å². The van der Waals surface area contributed by atoms with Crippen LogP contribution < -0.4 is 5.32 Å². The summed E-state index contributed by atoms with van der Waals surface area (Å²) in [6.45, 7) is -0.430. The molecule has 0 aromatic heterocycles. The Balaban J connectivity index is 1.90. The normalized spacial score (nSPS) is 10.0. The molecule has 1 N–H and O–H groups in total. The zero-order valence-corrected chi connectivity index (χ0v) is 13.0. The third kappa shape index (κ3) is 4.52. The van der Waals surface area contributed by atoms with E-state index in [1.807, 2.05) is 22.6 Å². The van der Waals surface area contributed by atoms with Gasteiger partial charge in [0.25, 0.3) is 5.91 Å². The fourth-order valence-corrected chi connectivity index (χ4v) is 2.21. The standard InChI is InChI=1S/C15H11FINO3/c16-10-4-3-5-11(8-10)18-14(19)9-21-15(20)12-6-1-2-7-13(12)17/h1-8H,9H2,(H,18,19). The van der Waals surface area contributed by atoms with Crippen molar-refractivity contribution in [3.8, 4) is 0 Å². The van der Waals surface area contributed by atoms with Crippen LogP contribution in [0.2, 0.25) is 0 Å². The van der Waals surface area contributed by atoms with Crippen molar-refractivity contribution in [2.24, 2.45) is 0 Å². The van der Waals surface area contributed by atoms with E-state index in [4.69, 9.17) is 4.74 Å². The van der Waals surface area contributed by atoms with Crippen LogP contribution in [0.1, 0.15) is 10.4 Å².